The van der Waals surface area contributed by atoms with Crippen LogP contribution in [0.3, 0.4) is 0 Å². The molecule has 9 heteroatoms. The van der Waals surface area contributed by atoms with Crippen LogP contribution >= 0.6 is 11.3 Å². The molecule has 1 aromatic heterocycles. The van der Waals surface area contributed by atoms with Gasteiger partial charge in [0.2, 0.25) is 5.91 Å². The van der Waals surface area contributed by atoms with Crippen molar-refractivity contribution in [3.63, 3.8) is 0 Å². The number of amidine groups is 1. The number of aryl methyl sites for hydroxylation is 1. The summed E-state index contributed by atoms with van der Waals surface area (Å²) >= 11 is 1.77. The van der Waals surface area contributed by atoms with Gasteiger partial charge in [0.05, 0.1) is 16.9 Å². The lowest BCUT2D eigenvalue weighted by Crippen LogP contribution is -2.49. The number of aliphatic imine (C=N–C) groups is 1. The van der Waals surface area contributed by atoms with E-state index in [0.717, 1.165) is 61.4 Å². The van der Waals surface area contributed by atoms with Gasteiger partial charge in [0, 0.05) is 44.6 Å². The standard InChI is InChI=1S/C23H28N6O2S/c1-16-14-17-21(24-18-6-3-4-7-19(18)25-22(17)32-16)28-12-10-27(11-13-28)8-5-9-29-20(30)15-26(2)23(29)31/h3-4,6-7,14,25H,5,8-13,15H2,1-2H3. The number of anilines is 2. The highest BCUT2D eigenvalue weighted by atomic mass is 32.1. The molecule has 32 heavy (non-hydrogen) atoms. The van der Waals surface area contributed by atoms with E-state index in [2.05, 4.69) is 40.2 Å². The third kappa shape index (κ3) is 3.98. The molecule has 0 spiro atoms. The largest absolute Gasteiger partial charge is 0.353 e. The molecule has 3 amide bonds. The molecule has 0 radical (unpaired) electrons. The Morgan fingerprint density at radius 3 is 2.62 bits per heavy atom. The second kappa shape index (κ2) is 8.55. The highest BCUT2D eigenvalue weighted by Crippen LogP contribution is 2.39. The number of benzene rings is 1. The minimum absolute atomic E-state index is 0.0931. The summed E-state index contributed by atoms with van der Waals surface area (Å²) in [5.74, 6) is 0.946. The summed E-state index contributed by atoms with van der Waals surface area (Å²) < 4.78 is 0. The maximum atomic E-state index is 12.0. The van der Waals surface area contributed by atoms with Crippen LogP contribution in [-0.4, -0.2) is 90.2 Å². The summed E-state index contributed by atoms with van der Waals surface area (Å²) in [5.41, 5.74) is 3.18. The first kappa shape index (κ1) is 21.0. The number of hydrogen-bond acceptors (Lipinski definition) is 7. The Labute approximate surface area is 192 Å². The number of urea groups is 1. The van der Waals surface area contributed by atoms with E-state index in [9.17, 15) is 9.59 Å². The fourth-order valence-corrected chi connectivity index (χ4v) is 5.43. The molecular formula is C23H28N6O2S. The monoisotopic (exact) mass is 452 g/mol. The lowest BCUT2D eigenvalue weighted by atomic mass is 10.2. The maximum absolute atomic E-state index is 12.0. The predicted molar refractivity (Wildman–Crippen MR) is 127 cm³/mol. The van der Waals surface area contributed by atoms with Gasteiger partial charge in [0.1, 0.15) is 17.4 Å². The van der Waals surface area contributed by atoms with Crippen LogP contribution in [0.15, 0.2) is 35.3 Å². The lowest BCUT2D eigenvalue weighted by Gasteiger charge is -2.36. The van der Waals surface area contributed by atoms with Gasteiger partial charge in [0.15, 0.2) is 0 Å². The number of fused-ring (bicyclic) bond motifs is 2. The molecule has 8 nitrogen and oxygen atoms in total. The van der Waals surface area contributed by atoms with Crippen molar-refractivity contribution in [3.05, 3.63) is 40.8 Å². The quantitative estimate of drug-likeness (QED) is 0.722. The molecule has 4 heterocycles. The summed E-state index contributed by atoms with van der Waals surface area (Å²) in [6.07, 6.45) is 0.803. The molecule has 2 saturated heterocycles. The number of nitrogens with one attached hydrogen (secondary N) is 1. The molecule has 0 aliphatic carbocycles. The van der Waals surface area contributed by atoms with Crippen molar-refractivity contribution in [2.24, 2.45) is 4.99 Å². The average Bonchev–Trinajstić information content (AvgIpc) is 3.20. The zero-order valence-electron chi connectivity index (χ0n) is 18.5. The Bertz CT molecular complexity index is 1070. The Hall–Kier alpha value is -2.91. The normalized spacial score (nSPS) is 18.9. The Morgan fingerprint density at radius 1 is 1.09 bits per heavy atom. The van der Waals surface area contributed by atoms with Gasteiger partial charge in [-0.2, -0.15) is 0 Å². The molecule has 1 aromatic carbocycles. The van der Waals surface area contributed by atoms with Crippen LogP contribution in [0.4, 0.5) is 21.2 Å². The Balaban J connectivity index is 1.23. The summed E-state index contributed by atoms with van der Waals surface area (Å²) in [6.45, 7) is 7.39. The first-order chi connectivity index (χ1) is 15.5. The van der Waals surface area contributed by atoms with Crippen LogP contribution in [0.5, 0.6) is 0 Å². The SMILES string of the molecule is Cc1cc2c(s1)Nc1ccccc1N=C2N1CCN(CCCN2C(=O)CN(C)C2=O)CC1. The number of hydrogen-bond donors (Lipinski definition) is 1. The van der Waals surface area contributed by atoms with Gasteiger partial charge in [-0.1, -0.05) is 12.1 Å². The zero-order chi connectivity index (χ0) is 22.2. The van der Waals surface area contributed by atoms with Crippen LogP contribution in [0, 0.1) is 6.92 Å². The molecule has 5 rings (SSSR count). The number of carbonyl (C=O) groups is 2. The van der Waals surface area contributed by atoms with Gasteiger partial charge in [0.25, 0.3) is 0 Å². The summed E-state index contributed by atoms with van der Waals surface area (Å²) in [6, 6.07) is 10.2. The maximum Gasteiger partial charge on any atom is 0.326 e. The fourth-order valence-electron chi connectivity index (χ4n) is 4.51. The topological polar surface area (TPSA) is 71.5 Å². The van der Waals surface area contributed by atoms with E-state index in [4.69, 9.17) is 4.99 Å². The number of amides is 3. The van der Waals surface area contributed by atoms with E-state index in [1.165, 1.54) is 20.2 Å². The van der Waals surface area contributed by atoms with E-state index in [-0.39, 0.29) is 18.5 Å². The van der Waals surface area contributed by atoms with E-state index < -0.39 is 0 Å². The summed E-state index contributed by atoms with van der Waals surface area (Å²) in [5, 5.41) is 4.72. The Morgan fingerprint density at radius 2 is 1.88 bits per heavy atom. The molecule has 2 fully saturated rings. The predicted octanol–water partition coefficient (Wildman–Crippen LogP) is 3.09. The zero-order valence-corrected chi connectivity index (χ0v) is 19.3. The number of imide groups is 1. The molecule has 1 N–H and O–H groups in total. The van der Waals surface area contributed by atoms with Crippen molar-refractivity contribution < 1.29 is 9.59 Å². The summed E-state index contributed by atoms with van der Waals surface area (Å²) in [7, 11) is 1.67. The van der Waals surface area contributed by atoms with Crippen molar-refractivity contribution in [3.8, 4) is 0 Å². The van der Waals surface area contributed by atoms with Gasteiger partial charge in [-0.3, -0.25) is 14.6 Å². The van der Waals surface area contributed by atoms with Crippen molar-refractivity contribution in [2.45, 2.75) is 13.3 Å². The third-order valence-electron chi connectivity index (χ3n) is 6.23. The van der Waals surface area contributed by atoms with Gasteiger partial charge >= 0.3 is 6.03 Å². The third-order valence-corrected chi connectivity index (χ3v) is 7.20. The minimum Gasteiger partial charge on any atom is -0.353 e. The summed E-state index contributed by atoms with van der Waals surface area (Å²) in [4.78, 5) is 37.9. The molecule has 0 saturated carbocycles. The first-order valence-corrected chi connectivity index (χ1v) is 11.9. The second-order valence-corrected chi connectivity index (χ2v) is 9.80. The van der Waals surface area contributed by atoms with E-state index in [1.807, 2.05) is 12.1 Å². The molecular weight excluding hydrogens is 424 g/mol. The average molecular weight is 453 g/mol. The number of carbonyl (C=O) groups excluding carboxylic acids is 2. The molecule has 3 aliphatic rings. The Kier molecular flexibility index (Phi) is 5.60. The van der Waals surface area contributed by atoms with Gasteiger partial charge in [-0.05, 0) is 38.1 Å². The second-order valence-electron chi connectivity index (χ2n) is 8.54. The fraction of sp³-hybridized carbons (Fsp3) is 0.435. The number of rotatable bonds is 4. The van der Waals surface area contributed by atoms with Crippen LogP contribution in [-0.2, 0) is 4.79 Å². The van der Waals surface area contributed by atoms with Crippen LogP contribution in [0.1, 0.15) is 16.9 Å². The lowest BCUT2D eigenvalue weighted by molar-refractivity contribution is -0.125. The van der Waals surface area contributed by atoms with Crippen LogP contribution < -0.4 is 5.32 Å². The molecule has 168 valence electrons. The molecule has 0 atom stereocenters. The van der Waals surface area contributed by atoms with E-state index >= 15 is 0 Å². The van der Waals surface area contributed by atoms with Crippen molar-refractivity contribution in [1.82, 2.24) is 19.6 Å². The number of likely N-dealkylation sites (N-methyl/N-ethyl adjacent to an activating group) is 1. The highest BCUT2D eigenvalue weighted by molar-refractivity contribution is 7.16. The molecule has 0 bridgehead atoms. The molecule has 0 unspecified atom stereocenters. The van der Waals surface area contributed by atoms with Crippen molar-refractivity contribution in [1.29, 1.82) is 0 Å². The van der Waals surface area contributed by atoms with Gasteiger partial charge in [-0.15, -0.1) is 11.3 Å². The first-order valence-electron chi connectivity index (χ1n) is 11.1. The van der Waals surface area contributed by atoms with Crippen molar-refractivity contribution in [2.75, 3.05) is 58.2 Å². The van der Waals surface area contributed by atoms with Crippen LogP contribution in [0.2, 0.25) is 0 Å². The number of nitrogens with zero attached hydrogens (tertiary/aromatic N) is 5. The van der Waals surface area contributed by atoms with E-state index in [1.54, 1.807) is 18.4 Å². The minimum atomic E-state index is -0.179. The van der Waals surface area contributed by atoms with E-state index in [0.29, 0.717) is 6.54 Å². The number of piperazine rings is 1. The molecule has 3 aliphatic heterocycles. The molecule has 2 aromatic rings. The van der Waals surface area contributed by atoms with Gasteiger partial charge in [-0.25, -0.2) is 9.79 Å². The smallest absolute Gasteiger partial charge is 0.326 e. The number of para-hydroxylation sites is 2. The van der Waals surface area contributed by atoms with Crippen molar-refractivity contribution >= 4 is 45.5 Å². The van der Waals surface area contributed by atoms with Crippen LogP contribution in [0.25, 0.3) is 0 Å². The number of thiophene rings is 1. The van der Waals surface area contributed by atoms with Gasteiger partial charge < -0.3 is 15.1 Å². The highest BCUT2D eigenvalue weighted by Gasteiger charge is 2.33.